The Hall–Kier alpha value is -1.09. The first-order valence-corrected chi connectivity index (χ1v) is 4.48. The van der Waals surface area contributed by atoms with E-state index < -0.39 is 0 Å². The van der Waals surface area contributed by atoms with Crippen LogP contribution >= 0.6 is 11.3 Å². The molecule has 0 aliphatic carbocycles. The summed E-state index contributed by atoms with van der Waals surface area (Å²) in [7, 11) is 0. The van der Waals surface area contributed by atoms with E-state index in [9.17, 15) is 4.79 Å². The summed E-state index contributed by atoms with van der Waals surface area (Å²) >= 11 is 1.49. The van der Waals surface area contributed by atoms with Crippen LogP contribution in [0.3, 0.4) is 0 Å². The largest absolute Gasteiger partial charge is 0.463 e. The number of thiophene rings is 1. The van der Waals surface area contributed by atoms with Crippen LogP contribution in [0.4, 0.5) is 0 Å². The summed E-state index contributed by atoms with van der Waals surface area (Å²) in [6, 6.07) is 1.89. The normalized spacial score (nSPS) is 10.8. The molecule has 0 aliphatic heterocycles. The van der Waals surface area contributed by atoms with Crippen molar-refractivity contribution in [3.05, 3.63) is 33.0 Å². The second-order valence-corrected chi connectivity index (χ2v) is 4.05. The molecule has 0 unspecified atom stereocenters. The molecule has 0 aromatic carbocycles. The Morgan fingerprint density at radius 2 is 2.17 bits per heavy atom. The van der Waals surface area contributed by atoms with Gasteiger partial charge in [-0.1, -0.05) is 0 Å². The van der Waals surface area contributed by atoms with Crippen molar-refractivity contribution in [2.45, 2.75) is 13.8 Å². The molecule has 2 nitrogen and oxygen atoms in total. The lowest BCUT2D eigenvalue weighted by molar-refractivity contribution is 0.598. The van der Waals surface area contributed by atoms with Gasteiger partial charge in [0, 0.05) is 10.4 Å². The van der Waals surface area contributed by atoms with Gasteiger partial charge in [0.15, 0.2) is 0 Å². The van der Waals surface area contributed by atoms with Gasteiger partial charge in [0.25, 0.3) is 0 Å². The standard InChI is InChI=1S/C9H8O2S/c1-5-4-11-7-3-6(2)12-9(7)8(5)10/h3-4H,1-2H3. The van der Waals surface area contributed by atoms with Crippen molar-refractivity contribution >= 4 is 21.6 Å². The van der Waals surface area contributed by atoms with Gasteiger partial charge in [0.2, 0.25) is 5.43 Å². The van der Waals surface area contributed by atoms with Crippen molar-refractivity contribution in [2.75, 3.05) is 0 Å². The van der Waals surface area contributed by atoms with Gasteiger partial charge in [-0.2, -0.15) is 0 Å². The maximum absolute atomic E-state index is 11.5. The number of hydrogen-bond donors (Lipinski definition) is 0. The van der Waals surface area contributed by atoms with Gasteiger partial charge in [-0.15, -0.1) is 11.3 Å². The molecule has 2 heterocycles. The van der Waals surface area contributed by atoms with Crippen LogP contribution in [0.15, 0.2) is 21.5 Å². The molecule has 0 atom stereocenters. The van der Waals surface area contributed by atoms with Crippen molar-refractivity contribution in [1.82, 2.24) is 0 Å². The molecule has 62 valence electrons. The zero-order valence-corrected chi connectivity index (χ0v) is 7.70. The highest BCUT2D eigenvalue weighted by Crippen LogP contribution is 2.21. The molecule has 0 spiro atoms. The fourth-order valence-corrected chi connectivity index (χ4v) is 2.07. The molecule has 2 rings (SSSR count). The summed E-state index contributed by atoms with van der Waals surface area (Å²) in [4.78, 5) is 12.6. The van der Waals surface area contributed by atoms with Gasteiger partial charge >= 0.3 is 0 Å². The van der Waals surface area contributed by atoms with Crippen LogP contribution in [0.25, 0.3) is 10.3 Å². The molecular formula is C9H8O2S. The molecule has 0 amide bonds. The zero-order valence-electron chi connectivity index (χ0n) is 6.88. The smallest absolute Gasteiger partial charge is 0.205 e. The average molecular weight is 180 g/mol. The first kappa shape index (κ1) is 7.55. The Balaban J connectivity index is 2.99. The van der Waals surface area contributed by atoms with E-state index in [1.165, 1.54) is 17.6 Å². The molecule has 0 saturated heterocycles. The summed E-state index contributed by atoms with van der Waals surface area (Å²) in [6.45, 7) is 3.73. The number of rotatable bonds is 0. The lowest BCUT2D eigenvalue weighted by Crippen LogP contribution is -2.01. The first-order valence-electron chi connectivity index (χ1n) is 3.67. The maximum Gasteiger partial charge on any atom is 0.205 e. The molecule has 0 radical (unpaired) electrons. The van der Waals surface area contributed by atoms with Crippen molar-refractivity contribution in [3.8, 4) is 0 Å². The minimum atomic E-state index is 0.0920. The van der Waals surface area contributed by atoms with E-state index in [4.69, 9.17) is 4.42 Å². The molecule has 0 bridgehead atoms. The Morgan fingerprint density at radius 1 is 1.42 bits per heavy atom. The van der Waals surface area contributed by atoms with Gasteiger partial charge in [0.05, 0.1) is 6.26 Å². The Bertz CT molecular complexity index is 479. The third kappa shape index (κ3) is 0.975. The lowest BCUT2D eigenvalue weighted by atomic mass is 10.3. The molecule has 0 fully saturated rings. The van der Waals surface area contributed by atoms with Crippen LogP contribution in [0.1, 0.15) is 10.4 Å². The third-order valence-electron chi connectivity index (χ3n) is 1.75. The topological polar surface area (TPSA) is 30.2 Å². The summed E-state index contributed by atoms with van der Waals surface area (Å²) < 4.78 is 5.98. The Labute approximate surface area is 73.4 Å². The van der Waals surface area contributed by atoms with Crippen LogP contribution in [0, 0.1) is 13.8 Å². The maximum atomic E-state index is 11.5. The molecule has 3 heteroatoms. The van der Waals surface area contributed by atoms with Crippen molar-refractivity contribution < 1.29 is 4.42 Å². The van der Waals surface area contributed by atoms with Gasteiger partial charge in [-0.25, -0.2) is 0 Å². The van der Waals surface area contributed by atoms with E-state index >= 15 is 0 Å². The summed E-state index contributed by atoms with van der Waals surface area (Å²) in [6.07, 6.45) is 1.51. The van der Waals surface area contributed by atoms with E-state index in [0.717, 1.165) is 9.58 Å². The van der Waals surface area contributed by atoms with Crippen LogP contribution in [-0.2, 0) is 0 Å². The molecule has 2 aromatic rings. The second kappa shape index (κ2) is 2.45. The van der Waals surface area contributed by atoms with Crippen LogP contribution in [-0.4, -0.2) is 0 Å². The number of fused-ring (bicyclic) bond motifs is 1. The quantitative estimate of drug-likeness (QED) is 0.623. The fraction of sp³-hybridized carbons (Fsp3) is 0.222. The van der Waals surface area contributed by atoms with E-state index in [0.29, 0.717) is 11.1 Å². The number of aryl methyl sites for hydroxylation is 2. The van der Waals surface area contributed by atoms with Crippen LogP contribution in [0.5, 0.6) is 0 Å². The minimum absolute atomic E-state index is 0.0920. The van der Waals surface area contributed by atoms with Gasteiger partial charge in [-0.05, 0) is 19.9 Å². The van der Waals surface area contributed by atoms with Crippen LogP contribution in [0.2, 0.25) is 0 Å². The van der Waals surface area contributed by atoms with E-state index in [2.05, 4.69) is 0 Å². The molecular weight excluding hydrogens is 172 g/mol. The molecule has 0 saturated carbocycles. The van der Waals surface area contributed by atoms with Gasteiger partial charge in [-0.3, -0.25) is 4.79 Å². The minimum Gasteiger partial charge on any atom is -0.463 e. The molecule has 12 heavy (non-hydrogen) atoms. The summed E-state index contributed by atoms with van der Waals surface area (Å²) in [5.74, 6) is 0. The predicted octanol–water partition coefficient (Wildman–Crippen LogP) is 2.47. The number of hydrogen-bond acceptors (Lipinski definition) is 3. The zero-order chi connectivity index (χ0) is 8.72. The SMILES string of the molecule is Cc1cc2occ(C)c(=O)c2s1. The van der Waals surface area contributed by atoms with Crippen molar-refractivity contribution in [3.63, 3.8) is 0 Å². The summed E-state index contributed by atoms with van der Waals surface area (Å²) in [5.41, 5.74) is 1.46. The monoisotopic (exact) mass is 180 g/mol. The van der Waals surface area contributed by atoms with E-state index in [-0.39, 0.29) is 5.43 Å². The van der Waals surface area contributed by atoms with Crippen LogP contribution < -0.4 is 5.43 Å². The highest BCUT2D eigenvalue weighted by atomic mass is 32.1. The van der Waals surface area contributed by atoms with E-state index in [1.54, 1.807) is 6.92 Å². The third-order valence-corrected chi connectivity index (χ3v) is 2.78. The molecule has 0 aliphatic rings. The van der Waals surface area contributed by atoms with Crippen molar-refractivity contribution in [2.24, 2.45) is 0 Å². The van der Waals surface area contributed by atoms with Gasteiger partial charge < -0.3 is 4.42 Å². The first-order chi connectivity index (χ1) is 5.68. The molecule has 2 aromatic heterocycles. The highest BCUT2D eigenvalue weighted by Gasteiger charge is 2.05. The average Bonchev–Trinajstić information content (AvgIpc) is 2.39. The van der Waals surface area contributed by atoms with E-state index in [1.807, 2.05) is 13.0 Å². The Morgan fingerprint density at radius 3 is 2.92 bits per heavy atom. The highest BCUT2D eigenvalue weighted by molar-refractivity contribution is 7.18. The lowest BCUT2D eigenvalue weighted by Gasteiger charge is -1.89. The Kier molecular flexibility index (Phi) is 1.54. The van der Waals surface area contributed by atoms with Crippen molar-refractivity contribution in [1.29, 1.82) is 0 Å². The molecule has 0 N–H and O–H groups in total. The fourth-order valence-electron chi connectivity index (χ4n) is 1.12. The predicted molar refractivity (Wildman–Crippen MR) is 49.8 cm³/mol. The summed E-state index contributed by atoms with van der Waals surface area (Å²) in [5, 5.41) is 0. The second-order valence-electron chi connectivity index (χ2n) is 2.80. The van der Waals surface area contributed by atoms with Gasteiger partial charge in [0.1, 0.15) is 10.3 Å².